The largest absolute Gasteiger partial charge is 0.503 e. The third kappa shape index (κ3) is 1.47. The van der Waals surface area contributed by atoms with Gasteiger partial charge >= 0.3 is 0 Å². The second-order valence-electron chi connectivity index (χ2n) is 2.73. The van der Waals surface area contributed by atoms with Crippen molar-refractivity contribution >= 4 is 11.5 Å². The monoisotopic (exact) mass is 212 g/mol. The van der Waals surface area contributed by atoms with Gasteiger partial charge in [-0.2, -0.15) is 0 Å². The Bertz CT molecular complexity index is 396. The molecule has 1 atom stereocenters. The zero-order chi connectivity index (χ0) is 11.6. The van der Waals surface area contributed by atoms with Crippen LogP contribution in [0.2, 0.25) is 0 Å². The smallest absolute Gasteiger partial charge is 0.233 e. The molecule has 0 radical (unpaired) electrons. The number of nitrogens with zero attached hydrogens (tertiary/aromatic N) is 2. The standard InChI is InChI=1S/C8H8N2O5/c1-3-4(9-13)6(11)8(15-2)7(12)5(3)10-14/h4,12,14H,1H2,2H3. The van der Waals surface area contributed by atoms with E-state index in [-0.39, 0.29) is 11.3 Å². The number of hydrogen-bond acceptors (Lipinski definition) is 7. The van der Waals surface area contributed by atoms with E-state index in [9.17, 15) is 14.8 Å². The fourth-order valence-corrected chi connectivity index (χ4v) is 1.21. The molecule has 15 heavy (non-hydrogen) atoms. The van der Waals surface area contributed by atoms with Gasteiger partial charge in [0.1, 0.15) is 0 Å². The number of allylic oxidation sites excluding steroid dienone is 1. The second-order valence-corrected chi connectivity index (χ2v) is 2.73. The first-order valence-corrected chi connectivity index (χ1v) is 3.84. The van der Waals surface area contributed by atoms with Gasteiger partial charge in [-0.25, -0.2) is 0 Å². The average molecular weight is 212 g/mol. The number of rotatable bonds is 2. The second kappa shape index (κ2) is 3.91. The lowest BCUT2D eigenvalue weighted by molar-refractivity contribution is -0.119. The Morgan fingerprint density at radius 1 is 1.53 bits per heavy atom. The molecule has 0 bridgehead atoms. The van der Waals surface area contributed by atoms with E-state index in [1.54, 1.807) is 0 Å². The lowest BCUT2D eigenvalue weighted by atomic mass is 9.92. The predicted octanol–water partition coefficient (Wildman–Crippen LogP) is 0.506. The Kier molecular flexibility index (Phi) is 2.84. The minimum atomic E-state index is -1.43. The number of aliphatic hydroxyl groups excluding tert-OH is 1. The van der Waals surface area contributed by atoms with Crippen LogP contribution in [0.5, 0.6) is 0 Å². The van der Waals surface area contributed by atoms with Gasteiger partial charge in [-0.3, -0.25) is 4.79 Å². The van der Waals surface area contributed by atoms with Gasteiger partial charge in [-0.15, -0.1) is 4.91 Å². The average Bonchev–Trinajstić information content (AvgIpc) is 2.19. The number of nitroso groups, excluding NO2 is 1. The van der Waals surface area contributed by atoms with Crippen LogP contribution in [-0.2, 0) is 9.53 Å². The van der Waals surface area contributed by atoms with Crippen molar-refractivity contribution in [2.75, 3.05) is 7.11 Å². The topological polar surface area (TPSA) is 109 Å². The van der Waals surface area contributed by atoms with Crippen LogP contribution in [0.15, 0.2) is 34.0 Å². The zero-order valence-corrected chi connectivity index (χ0v) is 7.80. The number of hydrogen-bond donors (Lipinski definition) is 2. The fraction of sp³-hybridized carbons (Fsp3) is 0.250. The summed E-state index contributed by atoms with van der Waals surface area (Å²) in [5.41, 5.74) is -0.549. The van der Waals surface area contributed by atoms with E-state index in [4.69, 9.17) is 5.21 Å². The Labute approximate surface area is 84.3 Å². The minimum Gasteiger partial charge on any atom is -0.503 e. The predicted molar refractivity (Wildman–Crippen MR) is 49.6 cm³/mol. The van der Waals surface area contributed by atoms with Crippen molar-refractivity contribution < 1.29 is 19.8 Å². The first-order chi connectivity index (χ1) is 7.08. The van der Waals surface area contributed by atoms with Gasteiger partial charge in [0.05, 0.1) is 7.11 Å². The van der Waals surface area contributed by atoms with Crippen LogP contribution in [0, 0.1) is 4.91 Å². The maximum Gasteiger partial charge on any atom is 0.233 e. The first-order valence-electron chi connectivity index (χ1n) is 3.84. The number of ketones is 1. The van der Waals surface area contributed by atoms with E-state index in [1.165, 1.54) is 0 Å². The highest BCUT2D eigenvalue weighted by molar-refractivity contribution is 6.23. The molecule has 0 amide bonds. The van der Waals surface area contributed by atoms with Gasteiger partial charge in [0.25, 0.3) is 0 Å². The molecule has 0 heterocycles. The summed E-state index contributed by atoms with van der Waals surface area (Å²) in [5.74, 6) is -1.95. The van der Waals surface area contributed by atoms with Crippen LogP contribution in [-0.4, -0.2) is 35.0 Å². The number of Topliss-reactive ketones (excluding diaryl/α,β-unsaturated/α-hetero) is 1. The molecule has 0 saturated heterocycles. The summed E-state index contributed by atoms with van der Waals surface area (Å²) < 4.78 is 4.58. The summed E-state index contributed by atoms with van der Waals surface area (Å²) in [6.07, 6.45) is 0. The van der Waals surface area contributed by atoms with E-state index in [2.05, 4.69) is 21.6 Å². The molecule has 1 rings (SSSR count). The highest BCUT2D eigenvalue weighted by Crippen LogP contribution is 2.24. The SMILES string of the molecule is C=C1C(=NO)C(O)=C(OC)C(=O)C1N=O. The van der Waals surface area contributed by atoms with Crippen LogP contribution < -0.4 is 0 Å². The number of ether oxygens (including phenoxy) is 1. The molecule has 80 valence electrons. The van der Waals surface area contributed by atoms with Gasteiger partial charge in [0.15, 0.2) is 17.5 Å². The molecule has 7 nitrogen and oxygen atoms in total. The van der Waals surface area contributed by atoms with Gasteiger partial charge in [-0.05, 0) is 0 Å². The third-order valence-electron chi connectivity index (χ3n) is 1.96. The van der Waals surface area contributed by atoms with E-state index in [0.29, 0.717) is 0 Å². The molecular weight excluding hydrogens is 204 g/mol. The quantitative estimate of drug-likeness (QED) is 0.393. The maximum atomic E-state index is 11.4. The van der Waals surface area contributed by atoms with Gasteiger partial charge < -0.3 is 15.1 Å². The summed E-state index contributed by atoms with van der Waals surface area (Å²) in [6, 6.07) is -1.43. The minimum absolute atomic E-state index is 0.171. The van der Waals surface area contributed by atoms with E-state index >= 15 is 0 Å². The summed E-state index contributed by atoms with van der Waals surface area (Å²) >= 11 is 0. The molecule has 0 aromatic heterocycles. The van der Waals surface area contributed by atoms with Crippen molar-refractivity contribution in [2.45, 2.75) is 6.04 Å². The normalized spacial score (nSPS) is 24.6. The number of oxime groups is 1. The van der Waals surface area contributed by atoms with Crippen LogP contribution in [0.4, 0.5) is 0 Å². The molecule has 0 saturated carbocycles. The number of methoxy groups -OCH3 is 1. The van der Waals surface area contributed by atoms with Gasteiger partial charge in [0, 0.05) is 5.57 Å². The van der Waals surface area contributed by atoms with Crippen molar-refractivity contribution in [1.82, 2.24) is 0 Å². The zero-order valence-electron chi connectivity index (χ0n) is 7.80. The lowest BCUT2D eigenvalue weighted by Gasteiger charge is -2.20. The van der Waals surface area contributed by atoms with Gasteiger partial charge in [-0.1, -0.05) is 16.9 Å². The fourth-order valence-electron chi connectivity index (χ4n) is 1.21. The van der Waals surface area contributed by atoms with Crippen molar-refractivity contribution in [3.05, 3.63) is 28.6 Å². The molecule has 7 heteroatoms. The molecule has 0 aliphatic heterocycles. The molecule has 0 aromatic carbocycles. The van der Waals surface area contributed by atoms with Crippen molar-refractivity contribution in [2.24, 2.45) is 10.3 Å². The molecule has 1 unspecified atom stereocenters. The van der Waals surface area contributed by atoms with Crippen molar-refractivity contribution in [1.29, 1.82) is 0 Å². The van der Waals surface area contributed by atoms with Crippen molar-refractivity contribution in [3.8, 4) is 0 Å². The van der Waals surface area contributed by atoms with Crippen LogP contribution in [0.1, 0.15) is 0 Å². The summed E-state index contributed by atoms with van der Waals surface area (Å²) in [4.78, 5) is 21.8. The van der Waals surface area contributed by atoms with Crippen molar-refractivity contribution in [3.63, 3.8) is 0 Å². The Morgan fingerprint density at radius 3 is 2.53 bits per heavy atom. The van der Waals surface area contributed by atoms with E-state index in [1.807, 2.05) is 0 Å². The molecule has 1 aliphatic rings. The van der Waals surface area contributed by atoms with E-state index < -0.39 is 23.3 Å². The van der Waals surface area contributed by atoms with Crippen LogP contribution in [0.25, 0.3) is 0 Å². The summed E-state index contributed by atoms with van der Waals surface area (Å²) in [5, 5.41) is 23.2. The summed E-state index contributed by atoms with van der Waals surface area (Å²) in [6.45, 7) is 3.33. The number of carbonyl (C=O) groups is 1. The highest BCUT2D eigenvalue weighted by Gasteiger charge is 2.39. The first kappa shape index (κ1) is 10.9. The Balaban J connectivity index is 3.39. The molecule has 2 N–H and O–H groups in total. The highest BCUT2D eigenvalue weighted by atomic mass is 16.5. The number of aliphatic hydroxyl groups is 1. The number of carbonyl (C=O) groups excluding carboxylic acids is 1. The van der Waals surface area contributed by atoms with E-state index in [0.717, 1.165) is 7.11 Å². The Morgan fingerprint density at radius 2 is 2.13 bits per heavy atom. The maximum absolute atomic E-state index is 11.4. The molecular formula is C8H8N2O5. The Hall–Kier alpha value is -2.18. The summed E-state index contributed by atoms with van der Waals surface area (Å²) in [7, 11) is 1.13. The molecule has 0 fully saturated rings. The van der Waals surface area contributed by atoms with Crippen LogP contribution >= 0.6 is 0 Å². The van der Waals surface area contributed by atoms with Gasteiger partial charge in [0.2, 0.25) is 11.5 Å². The molecule has 1 aliphatic carbocycles. The molecule has 0 aromatic rings. The van der Waals surface area contributed by atoms with Crippen LogP contribution in [0.3, 0.4) is 0 Å². The lowest BCUT2D eigenvalue weighted by Crippen LogP contribution is -2.34. The third-order valence-corrected chi connectivity index (χ3v) is 1.96. The molecule has 0 spiro atoms.